The Bertz CT molecular complexity index is 1110. The van der Waals surface area contributed by atoms with Crippen molar-refractivity contribution in [2.75, 3.05) is 32.8 Å². The summed E-state index contributed by atoms with van der Waals surface area (Å²) in [6.45, 7) is 9.34. The van der Waals surface area contributed by atoms with Crippen molar-refractivity contribution in [3.8, 4) is 0 Å². The first-order valence-corrected chi connectivity index (χ1v) is 10.1. The summed E-state index contributed by atoms with van der Waals surface area (Å²) in [5, 5.41) is 3.21. The molecule has 4 heterocycles. The maximum atomic E-state index is 14.0. The number of carbonyl (C=O) groups excluding carboxylic acids is 1. The summed E-state index contributed by atoms with van der Waals surface area (Å²) < 4.78 is 21.1. The van der Waals surface area contributed by atoms with Gasteiger partial charge in [0.15, 0.2) is 5.65 Å². The maximum absolute atomic E-state index is 14.0. The Labute approximate surface area is 168 Å². The van der Waals surface area contributed by atoms with Gasteiger partial charge in [0.25, 0.3) is 5.91 Å². The second kappa shape index (κ2) is 6.27. The number of nitrogens with zero attached hydrogens (tertiary/aromatic N) is 3. The summed E-state index contributed by atoms with van der Waals surface area (Å²) >= 11 is 0. The number of imidazole rings is 1. The normalized spacial score (nSPS) is 21.5. The third-order valence-corrected chi connectivity index (χ3v) is 6.68. The van der Waals surface area contributed by atoms with Gasteiger partial charge in [-0.15, -0.1) is 0 Å². The van der Waals surface area contributed by atoms with E-state index in [1.807, 2.05) is 6.20 Å². The molecule has 2 aromatic heterocycles. The SMILES string of the molecule is CC1(CN2CCC(C)(c3c[nH]n4c3nc3cc(F)cc(C(N)=O)c34)CC2)COC1. The first kappa shape index (κ1) is 18.6. The van der Waals surface area contributed by atoms with Crippen LogP contribution in [0.15, 0.2) is 18.3 Å². The summed E-state index contributed by atoms with van der Waals surface area (Å²) in [5.41, 5.74) is 8.66. The minimum atomic E-state index is -0.666. The molecule has 1 aromatic carbocycles. The van der Waals surface area contributed by atoms with Crippen LogP contribution in [0.1, 0.15) is 42.6 Å². The molecule has 0 bridgehead atoms. The molecule has 2 saturated heterocycles. The van der Waals surface area contributed by atoms with Gasteiger partial charge in [0, 0.05) is 35.2 Å². The predicted molar refractivity (Wildman–Crippen MR) is 107 cm³/mol. The molecule has 7 nitrogen and oxygen atoms in total. The van der Waals surface area contributed by atoms with Gasteiger partial charge in [-0.3, -0.25) is 9.89 Å². The van der Waals surface area contributed by atoms with Crippen LogP contribution in [0, 0.1) is 11.2 Å². The average Bonchev–Trinajstić information content (AvgIpc) is 3.20. The molecule has 2 aliphatic rings. The highest BCUT2D eigenvalue weighted by Gasteiger charge is 2.39. The topological polar surface area (TPSA) is 88.6 Å². The van der Waals surface area contributed by atoms with Gasteiger partial charge < -0.3 is 15.4 Å². The Morgan fingerprint density at radius 1 is 1.31 bits per heavy atom. The number of aromatic nitrogens is 3. The monoisotopic (exact) mass is 399 g/mol. The number of benzene rings is 1. The fourth-order valence-electron chi connectivity index (χ4n) is 4.86. The lowest BCUT2D eigenvalue weighted by molar-refractivity contribution is -0.117. The molecule has 3 aromatic rings. The van der Waals surface area contributed by atoms with E-state index >= 15 is 0 Å². The molecule has 0 radical (unpaired) electrons. The van der Waals surface area contributed by atoms with Gasteiger partial charge in [-0.05, 0) is 32.0 Å². The van der Waals surface area contributed by atoms with Gasteiger partial charge in [0.05, 0.1) is 24.3 Å². The number of likely N-dealkylation sites (tertiary alicyclic amines) is 1. The fourth-order valence-corrected chi connectivity index (χ4v) is 4.86. The molecule has 2 aliphatic heterocycles. The first-order chi connectivity index (χ1) is 13.8. The van der Waals surface area contributed by atoms with Crippen LogP contribution in [-0.4, -0.2) is 58.3 Å². The number of hydrogen-bond donors (Lipinski definition) is 2. The van der Waals surface area contributed by atoms with E-state index in [0.717, 1.165) is 56.9 Å². The van der Waals surface area contributed by atoms with Crippen LogP contribution in [0.3, 0.4) is 0 Å². The average molecular weight is 399 g/mol. The van der Waals surface area contributed by atoms with Crippen molar-refractivity contribution in [2.24, 2.45) is 11.1 Å². The Morgan fingerprint density at radius 2 is 2.03 bits per heavy atom. The number of halogens is 1. The summed E-state index contributed by atoms with van der Waals surface area (Å²) in [4.78, 5) is 19.0. The van der Waals surface area contributed by atoms with Crippen molar-refractivity contribution in [2.45, 2.75) is 32.1 Å². The lowest BCUT2D eigenvalue weighted by atomic mass is 9.75. The van der Waals surface area contributed by atoms with Crippen molar-refractivity contribution < 1.29 is 13.9 Å². The number of piperidine rings is 1. The highest BCUT2D eigenvalue weighted by Crippen LogP contribution is 2.39. The lowest BCUT2D eigenvalue weighted by Crippen LogP contribution is -2.51. The number of nitrogens with two attached hydrogens (primary N) is 1. The van der Waals surface area contributed by atoms with Crippen LogP contribution in [-0.2, 0) is 10.2 Å². The molecule has 0 saturated carbocycles. The number of amides is 1. The molecular formula is C21H26FN5O2. The van der Waals surface area contributed by atoms with Crippen LogP contribution < -0.4 is 5.73 Å². The smallest absolute Gasteiger partial charge is 0.251 e. The summed E-state index contributed by atoms with van der Waals surface area (Å²) in [5.74, 6) is -1.18. The van der Waals surface area contributed by atoms with Crippen LogP contribution in [0.2, 0.25) is 0 Å². The molecule has 154 valence electrons. The Morgan fingerprint density at radius 3 is 2.66 bits per heavy atom. The second-order valence-corrected chi connectivity index (χ2v) is 9.28. The predicted octanol–water partition coefficient (Wildman–Crippen LogP) is 2.44. The molecule has 1 amide bonds. The first-order valence-electron chi connectivity index (χ1n) is 10.1. The van der Waals surface area contributed by atoms with E-state index in [4.69, 9.17) is 10.5 Å². The van der Waals surface area contributed by atoms with Gasteiger partial charge in [-0.25, -0.2) is 13.9 Å². The van der Waals surface area contributed by atoms with Gasteiger partial charge in [0.1, 0.15) is 11.3 Å². The van der Waals surface area contributed by atoms with Gasteiger partial charge in [-0.2, -0.15) is 0 Å². The summed E-state index contributed by atoms with van der Waals surface area (Å²) in [7, 11) is 0. The molecule has 8 heteroatoms. The van der Waals surface area contributed by atoms with Crippen molar-refractivity contribution in [3.05, 3.63) is 35.3 Å². The largest absolute Gasteiger partial charge is 0.380 e. The molecular weight excluding hydrogens is 373 g/mol. The van der Waals surface area contributed by atoms with Crippen molar-refractivity contribution >= 4 is 22.6 Å². The van der Waals surface area contributed by atoms with Crippen LogP contribution in [0.5, 0.6) is 0 Å². The highest BCUT2D eigenvalue weighted by molar-refractivity contribution is 6.05. The number of aromatic amines is 1. The zero-order valence-electron chi connectivity index (χ0n) is 16.8. The summed E-state index contributed by atoms with van der Waals surface area (Å²) in [6.07, 6.45) is 3.99. The number of hydrogen-bond acceptors (Lipinski definition) is 4. The zero-order chi connectivity index (χ0) is 20.4. The van der Waals surface area contributed by atoms with Crippen molar-refractivity contribution in [1.82, 2.24) is 19.5 Å². The minimum absolute atomic E-state index is 0.0401. The van der Waals surface area contributed by atoms with E-state index in [2.05, 4.69) is 28.8 Å². The number of ether oxygens (including phenoxy) is 1. The van der Waals surface area contributed by atoms with E-state index in [0.29, 0.717) is 11.0 Å². The molecule has 29 heavy (non-hydrogen) atoms. The van der Waals surface area contributed by atoms with Gasteiger partial charge >= 0.3 is 0 Å². The van der Waals surface area contributed by atoms with E-state index in [9.17, 15) is 9.18 Å². The highest BCUT2D eigenvalue weighted by atomic mass is 19.1. The number of carbonyl (C=O) groups is 1. The van der Waals surface area contributed by atoms with Crippen LogP contribution >= 0.6 is 0 Å². The van der Waals surface area contributed by atoms with Crippen molar-refractivity contribution in [1.29, 1.82) is 0 Å². The third kappa shape index (κ3) is 2.93. The molecule has 2 fully saturated rings. The Balaban J connectivity index is 1.47. The number of nitrogens with one attached hydrogen (secondary N) is 1. The fraction of sp³-hybridized carbons (Fsp3) is 0.524. The number of H-pyrrole nitrogens is 1. The standard InChI is InChI=1S/C21H26FN5O2/c1-20(11-29-12-20)10-26-5-3-21(2,4-6-26)15-9-24-27-17-14(18(23)28)7-13(22)8-16(17)25-19(15)27/h7-9,24H,3-6,10-12H2,1-2H3,(H2,23,28). The van der Waals surface area contributed by atoms with E-state index in [1.54, 1.807) is 4.52 Å². The third-order valence-electron chi connectivity index (χ3n) is 6.68. The van der Waals surface area contributed by atoms with Crippen molar-refractivity contribution in [3.63, 3.8) is 0 Å². The van der Waals surface area contributed by atoms with E-state index < -0.39 is 11.7 Å². The quantitative estimate of drug-likeness (QED) is 0.705. The molecule has 0 atom stereocenters. The number of primary amides is 1. The van der Waals surface area contributed by atoms with E-state index in [1.165, 1.54) is 12.1 Å². The lowest BCUT2D eigenvalue weighted by Gasteiger charge is -2.45. The molecule has 5 rings (SSSR count). The number of rotatable bonds is 4. The molecule has 3 N–H and O–H groups in total. The van der Waals surface area contributed by atoms with Crippen LogP contribution in [0.25, 0.3) is 16.7 Å². The number of fused-ring (bicyclic) bond motifs is 3. The van der Waals surface area contributed by atoms with E-state index in [-0.39, 0.29) is 16.4 Å². The molecule has 0 aliphatic carbocycles. The Kier molecular flexibility index (Phi) is 4.02. The Hall–Kier alpha value is -2.45. The second-order valence-electron chi connectivity index (χ2n) is 9.28. The van der Waals surface area contributed by atoms with Crippen LogP contribution in [0.4, 0.5) is 4.39 Å². The minimum Gasteiger partial charge on any atom is -0.380 e. The molecule has 0 spiro atoms. The maximum Gasteiger partial charge on any atom is 0.251 e. The molecule has 0 unspecified atom stereocenters. The van der Waals surface area contributed by atoms with Gasteiger partial charge in [0.2, 0.25) is 0 Å². The van der Waals surface area contributed by atoms with Gasteiger partial charge in [-0.1, -0.05) is 13.8 Å². The summed E-state index contributed by atoms with van der Waals surface area (Å²) in [6, 6.07) is 2.52. The zero-order valence-corrected chi connectivity index (χ0v) is 16.8.